The summed E-state index contributed by atoms with van der Waals surface area (Å²) in [5, 5.41) is 9.52. The predicted octanol–water partition coefficient (Wildman–Crippen LogP) is 2.31. The van der Waals surface area contributed by atoms with E-state index in [4.69, 9.17) is 9.47 Å². The average molecular weight is 208 g/mol. The van der Waals surface area contributed by atoms with E-state index in [1.807, 2.05) is 0 Å². The third-order valence-electron chi connectivity index (χ3n) is 2.03. The molecule has 3 nitrogen and oxygen atoms in total. The van der Waals surface area contributed by atoms with Gasteiger partial charge >= 0.3 is 0 Å². The first-order chi connectivity index (χ1) is 7.19. The van der Waals surface area contributed by atoms with Crippen molar-refractivity contribution in [3.63, 3.8) is 0 Å². The molecular formula is C12H16O3. The van der Waals surface area contributed by atoms with E-state index in [0.717, 1.165) is 5.56 Å². The maximum absolute atomic E-state index is 9.52. The fourth-order valence-corrected chi connectivity index (χ4v) is 1.26. The zero-order chi connectivity index (χ0) is 11.3. The molecule has 0 aliphatic heterocycles. The summed E-state index contributed by atoms with van der Waals surface area (Å²) in [6.07, 6.45) is 1.10. The van der Waals surface area contributed by atoms with Gasteiger partial charge in [-0.2, -0.15) is 0 Å². The van der Waals surface area contributed by atoms with E-state index >= 15 is 0 Å². The standard InChI is InChI=1S/C12H16O3/c1-4-7-15-12-8-10(14-3)5-6-11(12)9(2)13/h4-6,8-9,13H,1,7H2,2-3H3. The molecule has 15 heavy (non-hydrogen) atoms. The Labute approximate surface area is 90.0 Å². The van der Waals surface area contributed by atoms with Crippen molar-refractivity contribution in [2.75, 3.05) is 13.7 Å². The third kappa shape index (κ3) is 2.99. The van der Waals surface area contributed by atoms with Crippen LogP contribution in [-0.2, 0) is 0 Å². The molecule has 0 saturated heterocycles. The van der Waals surface area contributed by atoms with Gasteiger partial charge in [0, 0.05) is 11.6 Å². The highest BCUT2D eigenvalue weighted by Crippen LogP contribution is 2.29. The highest BCUT2D eigenvalue weighted by Gasteiger charge is 2.09. The quantitative estimate of drug-likeness (QED) is 0.755. The summed E-state index contributed by atoms with van der Waals surface area (Å²) in [6, 6.07) is 5.34. The molecule has 1 unspecified atom stereocenters. The van der Waals surface area contributed by atoms with Gasteiger partial charge in [-0.25, -0.2) is 0 Å². The molecule has 0 bridgehead atoms. The van der Waals surface area contributed by atoms with Crippen LogP contribution in [-0.4, -0.2) is 18.8 Å². The molecule has 0 aliphatic rings. The van der Waals surface area contributed by atoms with Gasteiger partial charge in [-0.3, -0.25) is 0 Å². The lowest BCUT2D eigenvalue weighted by atomic mass is 10.1. The van der Waals surface area contributed by atoms with E-state index in [0.29, 0.717) is 18.1 Å². The first-order valence-corrected chi connectivity index (χ1v) is 4.78. The van der Waals surface area contributed by atoms with E-state index in [-0.39, 0.29) is 0 Å². The summed E-state index contributed by atoms with van der Waals surface area (Å²) in [6.45, 7) is 5.68. The van der Waals surface area contributed by atoms with Crippen LogP contribution in [0.15, 0.2) is 30.9 Å². The summed E-state index contributed by atoms with van der Waals surface area (Å²) < 4.78 is 10.5. The Morgan fingerprint density at radius 3 is 2.80 bits per heavy atom. The maximum Gasteiger partial charge on any atom is 0.129 e. The van der Waals surface area contributed by atoms with E-state index in [2.05, 4.69) is 6.58 Å². The van der Waals surface area contributed by atoms with Crippen LogP contribution in [0, 0.1) is 0 Å². The number of rotatable bonds is 5. The molecule has 1 rings (SSSR count). The number of hydrogen-bond donors (Lipinski definition) is 1. The van der Waals surface area contributed by atoms with Crippen LogP contribution in [0.4, 0.5) is 0 Å². The molecule has 0 amide bonds. The lowest BCUT2D eigenvalue weighted by Gasteiger charge is -2.13. The lowest BCUT2D eigenvalue weighted by Crippen LogP contribution is -2.00. The molecule has 0 radical (unpaired) electrons. The topological polar surface area (TPSA) is 38.7 Å². The molecule has 0 aromatic heterocycles. The van der Waals surface area contributed by atoms with Crippen LogP contribution < -0.4 is 9.47 Å². The summed E-state index contributed by atoms with van der Waals surface area (Å²) in [4.78, 5) is 0. The largest absolute Gasteiger partial charge is 0.497 e. The minimum Gasteiger partial charge on any atom is -0.497 e. The Balaban J connectivity index is 2.99. The molecule has 1 atom stereocenters. The molecule has 0 aliphatic carbocycles. The molecule has 1 N–H and O–H groups in total. The molecule has 0 saturated carbocycles. The SMILES string of the molecule is C=CCOc1cc(OC)ccc1C(C)O. The van der Waals surface area contributed by atoms with Gasteiger partial charge in [-0.1, -0.05) is 12.7 Å². The number of ether oxygens (including phenoxy) is 2. The second kappa shape index (κ2) is 5.41. The van der Waals surface area contributed by atoms with E-state index < -0.39 is 6.10 Å². The Morgan fingerprint density at radius 2 is 2.27 bits per heavy atom. The van der Waals surface area contributed by atoms with Gasteiger partial charge in [0.05, 0.1) is 13.2 Å². The van der Waals surface area contributed by atoms with E-state index in [9.17, 15) is 5.11 Å². The van der Waals surface area contributed by atoms with E-state index in [1.54, 1.807) is 38.3 Å². The van der Waals surface area contributed by atoms with Crippen LogP contribution in [0.25, 0.3) is 0 Å². The summed E-state index contributed by atoms with van der Waals surface area (Å²) in [7, 11) is 1.59. The third-order valence-corrected chi connectivity index (χ3v) is 2.03. The Morgan fingerprint density at radius 1 is 1.53 bits per heavy atom. The minimum atomic E-state index is -0.560. The van der Waals surface area contributed by atoms with Crippen molar-refractivity contribution in [3.8, 4) is 11.5 Å². The van der Waals surface area contributed by atoms with Gasteiger partial charge in [-0.15, -0.1) is 0 Å². The molecular weight excluding hydrogens is 192 g/mol. The second-order valence-corrected chi connectivity index (χ2v) is 3.18. The van der Waals surface area contributed by atoms with E-state index in [1.165, 1.54) is 0 Å². The number of aliphatic hydroxyl groups is 1. The zero-order valence-corrected chi connectivity index (χ0v) is 9.06. The molecule has 1 aromatic rings. The summed E-state index contributed by atoms with van der Waals surface area (Å²) in [5.41, 5.74) is 0.748. The zero-order valence-electron chi connectivity index (χ0n) is 9.06. The monoisotopic (exact) mass is 208 g/mol. The molecule has 0 heterocycles. The Bertz CT molecular complexity index is 332. The first kappa shape index (κ1) is 11.6. The van der Waals surface area contributed by atoms with Crippen molar-refractivity contribution in [1.29, 1.82) is 0 Å². The number of aliphatic hydroxyl groups excluding tert-OH is 1. The van der Waals surface area contributed by atoms with Gasteiger partial charge in [0.1, 0.15) is 18.1 Å². The van der Waals surface area contributed by atoms with Crippen LogP contribution >= 0.6 is 0 Å². The first-order valence-electron chi connectivity index (χ1n) is 4.78. The van der Waals surface area contributed by atoms with Gasteiger partial charge in [0.25, 0.3) is 0 Å². The fourth-order valence-electron chi connectivity index (χ4n) is 1.26. The van der Waals surface area contributed by atoms with Gasteiger partial charge < -0.3 is 14.6 Å². The normalized spacial score (nSPS) is 11.9. The number of benzene rings is 1. The van der Waals surface area contributed by atoms with Crippen molar-refractivity contribution in [2.45, 2.75) is 13.0 Å². The number of methoxy groups -OCH3 is 1. The van der Waals surface area contributed by atoms with Gasteiger partial charge in [0.2, 0.25) is 0 Å². The second-order valence-electron chi connectivity index (χ2n) is 3.18. The maximum atomic E-state index is 9.52. The van der Waals surface area contributed by atoms with Crippen molar-refractivity contribution < 1.29 is 14.6 Å². The van der Waals surface area contributed by atoms with Crippen LogP contribution in [0.3, 0.4) is 0 Å². The molecule has 3 heteroatoms. The van der Waals surface area contributed by atoms with Crippen molar-refractivity contribution >= 4 is 0 Å². The predicted molar refractivity (Wildman–Crippen MR) is 59.3 cm³/mol. The average Bonchev–Trinajstić information content (AvgIpc) is 2.25. The summed E-state index contributed by atoms with van der Waals surface area (Å²) >= 11 is 0. The van der Waals surface area contributed by atoms with Gasteiger partial charge in [-0.05, 0) is 19.1 Å². The number of hydrogen-bond acceptors (Lipinski definition) is 3. The fraction of sp³-hybridized carbons (Fsp3) is 0.333. The highest BCUT2D eigenvalue weighted by molar-refractivity contribution is 5.41. The van der Waals surface area contributed by atoms with Crippen LogP contribution in [0.2, 0.25) is 0 Å². The molecule has 0 spiro atoms. The minimum absolute atomic E-state index is 0.410. The highest BCUT2D eigenvalue weighted by atomic mass is 16.5. The molecule has 82 valence electrons. The summed E-state index contributed by atoms with van der Waals surface area (Å²) in [5.74, 6) is 1.34. The molecule has 0 fully saturated rings. The van der Waals surface area contributed by atoms with Crippen LogP contribution in [0.5, 0.6) is 11.5 Å². The van der Waals surface area contributed by atoms with Crippen molar-refractivity contribution in [3.05, 3.63) is 36.4 Å². The Hall–Kier alpha value is -1.48. The Kier molecular flexibility index (Phi) is 4.18. The van der Waals surface area contributed by atoms with Crippen LogP contribution in [0.1, 0.15) is 18.6 Å². The van der Waals surface area contributed by atoms with Crippen molar-refractivity contribution in [2.24, 2.45) is 0 Å². The van der Waals surface area contributed by atoms with Gasteiger partial charge in [0.15, 0.2) is 0 Å². The smallest absolute Gasteiger partial charge is 0.129 e. The lowest BCUT2D eigenvalue weighted by molar-refractivity contribution is 0.192. The molecule has 1 aromatic carbocycles. The van der Waals surface area contributed by atoms with Crippen molar-refractivity contribution in [1.82, 2.24) is 0 Å².